The zero-order valence-corrected chi connectivity index (χ0v) is 15.1. The van der Waals surface area contributed by atoms with Gasteiger partial charge in [-0.1, -0.05) is 51.2 Å². The Morgan fingerprint density at radius 1 is 0.783 bits per heavy atom. The Hall–Kier alpha value is -1.03. The van der Waals surface area contributed by atoms with Gasteiger partial charge in [0.15, 0.2) is 0 Å². The molecule has 4 nitrogen and oxygen atoms in total. The summed E-state index contributed by atoms with van der Waals surface area (Å²) < 4.78 is 0. The van der Waals surface area contributed by atoms with E-state index >= 15 is 0 Å². The minimum absolute atomic E-state index is 0.0298. The highest BCUT2D eigenvalue weighted by molar-refractivity contribution is 5.73. The van der Waals surface area contributed by atoms with Gasteiger partial charge in [-0.05, 0) is 44.9 Å². The molecule has 0 unspecified atom stereocenters. The van der Waals surface area contributed by atoms with Crippen LogP contribution in [0.4, 0.5) is 4.79 Å². The molecule has 0 atom stereocenters. The highest BCUT2D eigenvalue weighted by Gasteiger charge is 1.97. The van der Waals surface area contributed by atoms with Gasteiger partial charge in [0.05, 0.1) is 0 Å². The predicted molar refractivity (Wildman–Crippen MR) is 98.7 cm³/mol. The Bertz CT molecular complexity index is 281. The number of nitrogens with one attached hydrogen (secondary N) is 2. The van der Waals surface area contributed by atoms with E-state index in [2.05, 4.69) is 29.7 Å². The van der Waals surface area contributed by atoms with Crippen LogP contribution in [0.15, 0.2) is 12.2 Å². The number of hydrogen-bond donors (Lipinski definition) is 3. The molecule has 0 aliphatic rings. The second-order valence-corrected chi connectivity index (χ2v) is 6.14. The number of aliphatic hydroxyl groups excluding tert-OH is 1. The van der Waals surface area contributed by atoms with Crippen LogP contribution in [0, 0.1) is 0 Å². The third-order valence-electron chi connectivity index (χ3n) is 3.84. The summed E-state index contributed by atoms with van der Waals surface area (Å²) in [5.41, 5.74) is 0. The van der Waals surface area contributed by atoms with E-state index in [1.54, 1.807) is 0 Å². The first-order valence-corrected chi connectivity index (χ1v) is 9.58. The minimum atomic E-state index is -0.0298. The molecular weight excluding hydrogens is 288 g/mol. The first kappa shape index (κ1) is 22.0. The van der Waals surface area contributed by atoms with Crippen molar-refractivity contribution in [2.24, 2.45) is 0 Å². The number of amides is 2. The van der Waals surface area contributed by atoms with Gasteiger partial charge >= 0.3 is 6.03 Å². The van der Waals surface area contributed by atoms with Crippen molar-refractivity contribution >= 4 is 6.03 Å². The van der Waals surface area contributed by atoms with Crippen LogP contribution >= 0.6 is 0 Å². The van der Waals surface area contributed by atoms with E-state index in [1.807, 2.05) is 0 Å². The lowest BCUT2D eigenvalue weighted by atomic mass is 10.1. The van der Waals surface area contributed by atoms with Gasteiger partial charge in [0, 0.05) is 19.7 Å². The largest absolute Gasteiger partial charge is 0.396 e. The molecule has 0 aliphatic carbocycles. The van der Waals surface area contributed by atoms with E-state index in [9.17, 15) is 4.79 Å². The van der Waals surface area contributed by atoms with Crippen molar-refractivity contribution in [3.8, 4) is 0 Å². The van der Waals surface area contributed by atoms with Crippen molar-refractivity contribution in [1.29, 1.82) is 0 Å². The fourth-order valence-corrected chi connectivity index (χ4v) is 2.37. The number of unbranched alkanes of at least 4 members (excludes halogenated alkanes) is 9. The quantitative estimate of drug-likeness (QED) is 0.288. The lowest BCUT2D eigenvalue weighted by Gasteiger charge is -2.06. The van der Waals surface area contributed by atoms with Crippen LogP contribution in [0.5, 0.6) is 0 Å². The summed E-state index contributed by atoms with van der Waals surface area (Å²) in [7, 11) is 0. The number of carbonyl (C=O) groups is 1. The van der Waals surface area contributed by atoms with Crippen molar-refractivity contribution in [1.82, 2.24) is 10.6 Å². The fraction of sp³-hybridized carbons (Fsp3) is 0.842. The summed E-state index contributed by atoms with van der Waals surface area (Å²) in [6.45, 7) is 4.03. The summed E-state index contributed by atoms with van der Waals surface area (Å²) in [6.07, 6.45) is 18.2. The summed E-state index contributed by atoms with van der Waals surface area (Å²) >= 11 is 0. The molecule has 0 saturated carbocycles. The molecule has 0 saturated heterocycles. The Morgan fingerprint density at radius 3 is 1.91 bits per heavy atom. The Balaban J connectivity index is 3.19. The molecule has 0 radical (unpaired) electrons. The number of allylic oxidation sites excluding steroid dienone is 2. The van der Waals surface area contributed by atoms with Gasteiger partial charge in [0.25, 0.3) is 0 Å². The molecule has 0 heterocycles. The zero-order chi connectivity index (χ0) is 17.0. The summed E-state index contributed by atoms with van der Waals surface area (Å²) in [4.78, 5) is 11.5. The van der Waals surface area contributed by atoms with E-state index in [1.165, 1.54) is 32.1 Å². The van der Waals surface area contributed by atoms with Crippen LogP contribution in [0.1, 0.15) is 84.0 Å². The number of aliphatic hydroxyl groups is 1. The maximum Gasteiger partial charge on any atom is 0.314 e. The van der Waals surface area contributed by atoms with E-state index in [-0.39, 0.29) is 6.03 Å². The van der Waals surface area contributed by atoms with E-state index in [4.69, 9.17) is 5.11 Å². The first-order valence-electron chi connectivity index (χ1n) is 9.58. The Morgan fingerprint density at radius 2 is 1.30 bits per heavy atom. The lowest BCUT2D eigenvalue weighted by Crippen LogP contribution is -2.36. The van der Waals surface area contributed by atoms with Crippen LogP contribution in [0.3, 0.4) is 0 Å². The molecule has 0 spiro atoms. The summed E-state index contributed by atoms with van der Waals surface area (Å²) in [6, 6.07) is -0.0298. The molecule has 0 aromatic heterocycles. The molecule has 23 heavy (non-hydrogen) atoms. The molecule has 136 valence electrons. The Labute approximate surface area is 143 Å². The molecule has 0 aromatic carbocycles. The molecule has 2 amide bonds. The average Bonchev–Trinajstić information content (AvgIpc) is 2.56. The SMILES string of the molecule is CCCCCNC(=O)NCCCCC=CCCCCCCCO. The molecule has 0 fully saturated rings. The van der Waals surface area contributed by atoms with Gasteiger partial charge in [0.1, 0.15) is 0 Å². The van der Waals surface area contributed by atoms with Crippen molar-refractivity contribution in [2.75, 3.05) is 19.7 Å². The monoisotopic (exact) mass is 326 g/mol. The van der Waals surface area contributed by atoms with Gasteiger partial charge < -0.3 is 15.7 Å². The van der Waals surface area contributed by atoms with Gasteiger partial charge in [-0.3, -0.25) is 0 Å². The predicted octanol–water partition coefficient (Wildman–Crippen LogP) is 4.54. The molecular formula is C19H38N2O2. The maximum absolute atomic E-state index is 11.5. The molecule has 4 heteroatoms. The van der Waals surface area contributed by atoms with Crippen molar-refractivity contribution in [3.63, 3.8) is 0 Å². The highest BCUT2D eigenvalue weighted by Crippen LogP contribution is 2.06. The third kappa shape index (κ3) is 18.9. The summed E-state index contributed by atoms with van der Waals surface area (Å²) in [5.74, 6) is 0. The fourth-order valence-electron chi connectivity index (χ4n) is 2.37. The summed E-state index contributed by atoms with van der Waals surface area (Å²) in [5, 5.41) is 14.5. The molecule has 0 bridgehead atoms. The number of carbonyl (C=O) groups excluding carboxylic acids is 1. The number of hydrogen-bond acceptors (Lipinski definition) is 2. The smallest absolute Gasteiger partial charge is 0.314 e. The lowest BCUT2D eigenvalue weighted by molar-refractivity contribution is 0.240. The van der Waals surface area contributed by atoms with Gasteiger partial charge in [0.2, 0.25) is 0 Å². The van der Waals surface area contributed by atoms with Crippen molar-refractivity contribution in [2.45, 2.75) is 84.0 Å². The zero-order valence-electron chi connectivity index (χ0n) is 15.1. The van der Waals surface area contributed by atoms with E-state index in [0.717, 1.165) is 58.0 Å². The standard InChI is InChI=1S/C19H38N2O2/c1-2-3-13-16-20-19(23)21-17-14-11-9-7-5-4-6-8-10-12-15-18-22/h5,7,22H,2-4,6,8-18H2,1H3,(H2,20,21,23). The normalized spacial score (nSPS) is 11.0. The molecule has 0 rings (SSSR count). The van der Waals surface area contributed by atoms with Gasteiger partial charge in [-0.25, -0.2) is 4.79 Å². The molecule has 3 N–H and O–H groups in total. The van der Waals surface area contributed by atoms with Crippen molar-refractivity contribution < 1.29 is 9.90 Å². The topological polar surface area (TPSA) is 61.4 Å². The Kier molecular flexibility index (Phi) is 18.2. The highest BCUT2D eigenvalue weighted by atomic mass is 16.2. The number of urea groups is 1. The molecule has 0 aromatic rings. The minimum Gasteiger partial charge on any atom is -0.396 e. The third-order valence-corrected chi connectivity index (χ3v) is 3.84. The van der Waals surface area contributed by atoms with E-state index < -0.39 is 0 Å². The van der Waals surface area contributed by atoms with Crippen LogP contribution in [-0.4, -0.2) is 30.8 Å². The van der Waals surface area contributed by atoms with Crippen LogP contribution in [0.25, 0.3) is 0 Å². The van der Waals surface area contributed by atoms with Crippen LogP contribution in [0.2, 0.25) is 0 Å². The molecule has 0 aliphatic heterocycles. The second kappa shape index (κ2) is 19.0. The second-order valence-electron chi connectivity index (χ2n) is 6.14. The van der Waals surface area contributed by atoms with Crippen LogP contribution in [-0.2, 0) is 0 Å². The number of rotatable bonds is 16. The van der Waals surface area contributed by atoms with E-state index in [0.29, 0.717) is 6.61 Å². The van der Waals surface area contributed by atoms with Gasteiger partial charge in [-0.2, -0.15) is 0 Å². The average molecular weight is 327 g/mol. The van der Waals surface area contributed by atoms with Gasteiger partial charge in [-0.15, -0.1) is 0 Å². The van der Waals surface area contributed by atoms with Crippen molar-refractivity contribution in [3.05, 3.63) is 12.2 Å². The first-order chi connectivity index (χ1) is 11.3. The maximum atomic E-state index is 11.5. The van der Waals surface area contributed by atoms with Crippen LogP contribution < -0.4 is 10.6 Å².